The van der Waals surface area contributed by atoms with Crippen LogP contribution in [0.5, 0.6) is 0 Å². The fourth-order valence-corrected chi connectivity index (χ4v) is 2.96. The maximum Gasteiger partial charge on any atom is 0.315 e. The highest BCUT2D eigenvalue weighted by molar-refractivity contribution is 7.92. The molecule has 0 spiro atoms. The Kier molecular flexibility index (Phi) is 4.55. The van der Waals surface area contributed by atoms with Crippen LogP contribution in [0, 0.1) is 0 Å². The van der Waals surface area contributed by atoms with Crippen molar-refractivity contribution in [2.75, 3.05) is 25.4 Å². The fourth-order valence-electron chi connectivity index (χ4n) is 1.49. The van der Waals surface area contributed by atoms with E-state index in [1.165, 1.54) is 0 Å². The summed E-state index contributed by atoms with van der Waals surface area (Å²) in [5.41, 5.74) is 0. The molecule has 0 radical (unpaired) electrons. The summed E-state index contributed by atoms with van der Waals surface area (Å²) < 4.78 is 23.2. The van der Waals surface area contributed by atoms with Gasteiger partial charge in [-0.15, -0.1) is 0 Å². The molecule has 1 saturated heterocycles. The average molecular weight is 249 g/mol. The molecule has 3 N–H and O–H groups in total. The van der Waals surface area contributed by atoms with Gasteiger partial charge in [0.2, 0.25) is 0 Å². The zero-order chi connectivity index (χ0) is 12.2. The Bertz CT molecular complexity index is 340. The molecule has 0 aromatic rings. The zero-order valence-corrected chi connectivity index (χ0v) is 10.4. The van der Waals surface area contributed by atoms with Crippen molar-refractivity contribution in [1.29, 1.82) is 0 Å². The average Bonchev–Trinajstić information content (AvgIpc) is 2.14. The van der Waals surface area contributed by atoms with E-state index in [1.807, 2.05) is 13.8 Å². The third kappa shape index (κ3) is 3.97. The lowest BCUT2D eigenvalue weighted by molar-refractivity contribution is 0.238. The van der Waals surface area contributed by atoms with E-state index in [2.05, 4.69) is 16.0 Å². The third-order valence-corrected chi connectivity index (χ3v) is 4.48. The second-order valence-corrected chi connectivity index (χ2v) is 6.60. The van der Waals surface area contributed by atoms with Crippen LogP contribution in [0.2, 0.25) is 0 Å². The quantitative estimate of drug-likeness (QED) is 0.604. The fraction of sp³-hybridized carbons (Fsp3) is 0.889. The van der Waals surface area contributed by atoms with E-state index < -0.39 is 15.1 Å². The summed E-state index contributed by atoms with van der Waals surface area (Å²) in [4.78, 5) is 11.3. The summed E-state index contributed by atoms with van der Waals surface area (Å²) >= 11 is 0. The molecule has 6 nitrogen and oxygen atoms in total. The van der Waals surface area contributed by atoms with Crippen molar-refractivity contribution in [1.82, 2.24) is 16.0 Å². The number of carbonyl (C=O) groups excluding carboxylic acids is 1. The summed E-state index contributed by atoms with van der Waals surface area (Å²) in [6.07, 6.45) is 0. The molecule has 0 aromatic heterocycles. The maximum atomic E-state index is 11.6. The van der Waals surface area contributed by atoms with Gasteiger partial charge in [0, 0.05) is 25.7 Å². The van der Waals surface area contributed by atoms with Crippen LogP contribution in [0.4, 0.5) is 4.79 Å². The lowest BCUT2D eigenvalue weighted by Crippen LogP contribution is -2.51. The van der Waals surface area contributed by atoms with Gasteiger partial charge in [-0.2, -0.15) is 0 Å². The van der Waals surface area contributed by atoms with Gasteiger partial charge in [-0.3, -0.25) is 0 Å². The maximum absolute atomic E-state index is 11.6. The minimum Gasteiger partial charge on any atom is -0.337 e. The lowest BCUT2D eigenvalue weighted by Gasteiger charge is -2.23. The van der Waals surface area contributed by atoms with Crippen molar-refractivity contribution >= 4 is 15.9 Å². The Morgan fingerprint density at radius 3 is 2.75 bits per heavy atom. The molecule has 1 fully saturated rings. The molecule has 1 rings (SSSR count). The van der Waals surface area contributed by atoms with Crippen molar-refractivity contribution in [2.24, 2.45) is 0 Å². The molecule has 1 unspecified atom stereocenters. The minimum absolute atomic E-state index is 0.0427. The number of rotatable bonds is 3. The van der Waals surface area contributed by atoms with Gasteiger partial charge < -0.3 is 16.0 Å². The summed E-state index contributed by atoms with van der Waals surface area (Å²) in [5.74, 6) is 0.144. The molecule has 2 amide bonds. The number of carbonyl (C=O) groups is 1. The number of hydrogen-bond acceptors (Lipinski definition) is 4. The Hall–Kier alpha value is -0.820. The van der Waals surface area contributed by atoms with E-state index in [1.54, 1.807) is 0 Å². The summed E-state index contributed by atoms with van der Waals surface area (Å²) in [5, 5.41) is 7.70. The van der Waals surface area contributed by atoms with Crippen molar-refractivity contribution in [3.8, 4) is 0 Å². The molecule has 0 bridgehead atoms. The van der Waals surface area contributed by atoms with E-state index in [4.69, 9.17) is 0 Å². The smallest absolute Gasteiger partial charge is 0.315 e. The Morgan fingerprint density at radius 1 is 1.50 bits per heavy atom. The largest absolute Gasteiger partial charge is 0.337 e. The molecule has 0 saturated carbocycles. The number of nitrogens with one attached hydrogen (secondary N) is 3. The van der Waals surface area contributed by atoms with Gasteiger partial charge in [0.1, 0.15) is 0 Å². The molecule has 94 valence electrons. The predicted octanol–water partition coefficient (Wildman–Crippen LogP) is -0.919. The lowest BCUT2D eigenvalue weighted by atomic mass is 10.4. The van der Waals surface area contributed by atoms with E-state index in [9.17, 15) is 13.2 Å². The number of sulfone groups is 1. The monoisotopic (exact) mass is 249 g/mol. The van der Waals surface area contributed by atoms with E-state index in [0.717, 1.165) is 0 Å². The summed E-state index contributed by atoms with van der Waals surface area (Å²) in [6.45, 7) is 4.76. The standard InChI is InChI=1S/C9H19N3O3S/c1-7(2)12-9(13)11-6-8-5-10-3-4-16(8,14)15/h7-8,10H,3-6H2,1-2H3,(H2,11,12,13). The van der Waals surface area contributed by atoms with Crippen LogP contribution in [-0.4, -0.2) is 51.1 Å². The zero-order valence-electron chi connectivity index (χ0n) is 9.62. The van der Waals surface area contributed by atoms with E-state index in [0.29, 0.717) is 13.1 Å². The third-order valence-electron chi connectivity index (χ3n) is 2.35. The van der Waals surface area contributed by atoms with Crippen LogP contribution in [-0.2, 0) is 9.84 Å². The summed E-state index contributed by atoms with van der Waals surface area (Å²) in [7, 11) is -3.05. The van der Waals surface area contributed by atoms with Crippen LogP contribution >= 0.6 is 0 Å². The number of urea groups is 1. The van der Waals surface area contributed by atoms with Crippen LogP contribution in [0.15, 0.2) is 0 Å². The predicted molar refractivity (Wildman–Crippen MR) is 62.1 cm³/mol. The van der Waals surface area contributed by atoms with Gasteiger partial charge in [0.05, 0.1) is 11.0 Å². The normalized spacial score (nSPS) is 24.1. The Balaban J connectivity index is 2.39. The highest BCUT2D eigenvalue weighted by Gasteiger charge is 2.28. The van der Waals surface area contributed by atoms with Gasteiger partial charge in [-0.25, -0.2) is 13.2 Å². The van der Waals surface area contributed by atoms with E-state index in [-0.39, 0.29) is 24.4 Å². The van der Waals surface area contributed by atoms with Crippen molar-refractivity contribution in [3.63, 3.8) is 0 Å². The van der Waals surface area contributed by atoms with Gasteiger partial charge in [0.25, 0.3) is 0 Å². The SMILES string of the molecule is CC(C)NC(=O)NCC1CNCCS1(=O)=O. The Morgan fingerprint density at radius 2 is 2.19 bits per heavy atom. The van der Waals surface area contributed by atoms with Crippen molar-refractivity contribution in [3.05, 3.63) is 0 Å². The molecule has 16 heavy (non-hydrogen) atoms. The van der Waals surface area contributed by atoms with Crippen LogP contribution in [0.25, 0.3) is 0 Å². The Labute approximate surface area is 96.1 Å². The molecule has 1 aliphatic rings. The van der Waals surface area contributed by atoms with Gasteiger partial charge in [-0.05, 0) is 13.8 Å². The first-order valence-electron chi connectivity index (χ1n) is 5.38. The highest BCUT2D eigenvalue weighted by Crippen LogP contribution is 2.04. The number of amides is 2. The molecule has 1 heterocycles. The molecule has 1 aliphatic heterocycles. The highest BCUT2D eigenvalue weighted by atomic mass is 32.2. The second-order valence-electron chi connectivity index (χ2n) is 4.20. The van der Waals surface area contributed by atoms with Gasteiger partial charge >= 0.3 is 6.03 Å². The van der Waals surface area contributed by atoms with E-state index >= 15 is 0 Å². The molecular formula is C9H19N3O3S. The minimum atomic E-state index is -3.05. The van der Waals surface area contributed by atoms with Crippen molar-refractivity contribution in [2.45, 2.75) is 25.1 Å². The van der Waals surface area contributed by atoms with Gasteiger partial charge in [-0.1, -0.05) is 0 Å². The molecule has 1 atom stereocenters. The molecule has 0 aromatic carbocycles. The molecule has 0 aliphatic carbocycles. The second kappa shape index (κ2) is 5.49. The molecule has 7 heteroatoms. The van der Waals surface area contributed by atoms with Crippen molar-refractivity contribution < 1.29 is 13.2 Å². The van der Waals surface area contributed by atoms with Crippen LogP contribution < -0.4 is 16.0 Å². The van der Waals surface area contributed by atoms with Crippen LogP contribution in [0.1, 0.15) is 13.8 Å². The first-order valence-corrected chi connectivity index (χ1v) is 7.10. The van der Waals surface area contributed by atoms with Crippen LogP contribution in [0.3, 0.4) is 0 Å². The topological polar surface area (TPSA) is 87.3 Å². The van der Waals surface area contributed by atoms with Gasteiger partial charge in [0.15, 0.2) is 9.84 Å². The first-order chi connectivity index (χ1) is 7.42. The molecular weight excluding hydrogens is 230 g/mol. The first kappa shape index (κ1) is 13.2. The number of hydrogen-bond donors (Lipinski definition) is 3. The summed E-state index contributed by atoms with van der Waals surface area (Å²) in [6, 6.07) is -0.281.